The maximum absolute atomic E-state index is 14.1. The lowest BCUT2D eigenvalue weighted by atomic mass is 10.2. The van der Waals surface area contributed by atoms with E-state index in [1.54, 1.807) is 34.8 Å². The molecule has 0 saturated heterocycles. The molecule has 4 rings (SSSR count). The third-order valence-electron chi connectivity index (χ3n) is 3.85. The molecule has 4 heterocycles. The van der Waals surface area contributed by atoms with E-state index in [-0.39, 0.29) is 11.7 Å². The summed E-state index contributed by atoms with van der Waals surface area (Å²) in [5, 5.41) is 2.73. The number of fused-ring (bicyclic) bond motifs is 2. The number of aromatic nitrogens is 3. The molecule has 0 fully saturated rings. The largest absolute Gasteiger partial charge is 0.327 e. The van der Waals surface area contributed by atoms with Crippen molar-refractivity contribution in [3.63, 3.8) is 0 Å². The highest BCUT2D eigenvalue weighted by Gasteiger charge is 2.25. The summed E-state index contributed by atoms with van der Waals surface area (Å²) in [4.78, 5) is 22.4. The van der Waals surface area contributed by atoms with Gasteiger partial charge in [-0.05, 0) is 25.0 Å². The van der Waals surface area contributed by atoms with Crippen LogP contribution in [0.1, 0.15) is 11.3 Å². The van der Waals surface area contributed by atoms with Gasteiger partial charge in [0.15, 0.2) is 11.5 Å². The number of hydrogen-bond donors (Lipinski definition) is 1. The molecule has 7 heteroatoms. The molecular weight excluding hydrogens is 297 g/mol. The van der Waals surface area contributed by atoms with Crippen LogP contribution in [0.15, 0.2) is 36.8 Å². The number of anilines is 2. The molecule has 0 aliphatic carbocycles. The van der Waals surface area contributed by atoms with E-state index in [9.17, 15) is 9.18 Å². The molecule has 0 atom stereocenters. The molecule has 0 unspecified atom stereocenters. The highest BCUT2D eigenvalue weighted by atomic mass is 19.1. The third kappa shape index (κ3) is 2.30. The summed E-state index contributed by atoms with van der Waals surface area (Å²) in [6.07, 6.45) is 5.78. The summed E-state index contributed by atoms with van der Waals surface area (Å²) in [5.74, 6) is 0.181. The lowest BCUT2D eigenvalue weighted by Crippen LogP contribution is -2.33. The van der Waals surface area contributed by atoms with Gasteiger partial charge in [-0.25, -0.2) is 19.2 Å². The molecule has 0 spiro atoms. The Hall–Kier alpha value is -2.96. The van der Waals surface area contributed by atoms with Gasteiger partial charge in [0, 0.05) is 31.2 Å². The lowest BCUT2D eigenvalue weighted by molar-refractivity contribution is 0.257. The van der Waals surface area contributed by atoms with Crippen LogP contribution in [-0.2, 0) is 6.42 Å². The van der Waals surface area contributed by atoms with Gasteiger partial charge in [-0.2, -0.15) is 0 Å². The summed E-state index contributed by atoms with van der Waals surface area (Å²) >= 11 is 0. The summed E-state index contributed by atoms with van der Waals surface area (Å²) in [5.41, 5.74) is 2.37. The average molecular weight is 311 g/mol. The molecule has 3 aromatic rings. The van der Waals surface area contributed by atoms with Gasteiger partial charge < -0.3 is 9.72 Å². The van der Waals surface area contributed by atoms with Gasteiger partial charge in [0.1, 0.15) is 5.82 Å². The fourth-order valence-electron chi connectivity index (χ4n) is 2.84. The van der Waals surface area contributed by atoms with Gasteiger partial charge in [-0.1, -0.05) is 6.07 Å². The Balaban J connectivity index is 1.62. The Morgan fingerprint density at radius 3 is 3.13 bits per heavy atom. The van der Waals surface area contributed by atoms with Crippen molar-refractivity contribution in [3.8, 4) is 0 Å². The fourth-order valence-corrected chi connectivity index (χ4v) is 2.84. The van der Waals surface area contributed by atoms with Crippen LogP contribution in [0.5, 0.6) is 0 Å². The van der Waals surface area contributed by atoms with E-state index in [2.05, 4.69) is 15.3 Å². The van der Waals surface area contributed by atoms with Crippen LogP contribution in [0, 0.1) is 12.7 Å². The second-order valence-corrected chi connectivity index (χ2v) is 5.51. The molecule has 23 heavy (non-hydrogen) atoms. The number of pyridine rings is 2. The molecule has 1 aliphatic heterocycles. The van der Waals surface area contributed by atoms with Crippen LogP contribution < -0.4 is 10.2 Å². The molecular formula is C16H14FN5O. The Morgan fingerprint density at radius 2 is 2.26 bits per heavy atom. The van der Waals surface area contributed by atoms with Crippen LogP contribution in [0.4, 0.5) is 20.7 Å². The summed E-state index contributed by atoms with van der Waals surface area (Å²) < 4.78 is 15.6. The van der Waals surface area contributed by atoms with Crippen LogP contribution in [0.25, 0.3) is 5.65 Å². The minimum absolute atomic E-state index is 0.244. The van der Waals surface area contributed by atoms with E-state index in [1.807, 2.05) is 12.1 Å². The monoisotopic (exact) mass is 311 g/mol. The molecule has 1 aliphatic rings. The first-order chi connectivity index (χ1) is 11.1. The number of urea groups is 1. The number of amides is 2. The molecule has 1 N–H and O–H groups in total. The zero-order chi connectivity index (χ0) is 16.0. The lowest BCUT2D eigenvalue weighted by Gasteiger charge is -2.17. The zero-order valence-electron chi connectivity index (χ0n) is 12.5. The van der Waals surface area contributed by atoms with Crippen molar-refractivity contribution in [2.45, 2.75) is 13.3 Å². The number of rotatable bonds is 1. The first-order valence-electron chi connectivity index (χ1n) is 7.29. The van der Waals surface area contributed by atoms with Crippen LogP contribution in [-0.4, -0.2) is 26.9 Å². The highest BCUT2D eigenvalue weighted by molar-refractivity contribution is 6.02. The topological polar surface area (TPSA) is 62.5 Å². The van der Waals surface area contributed by atoms with Crippen molar-refractivity contribution in [1.82, 2.24) is 14.4 Å². The number of hydrogen-bond acceptors (Lipinski definition) is 3. The first kappa shape index (κ1) is 13.7. The third-order valence-corrected chi connectivity index (χ3v) is 3.85. The van der Waals surface area contributed by atoms with Crippen molar-refractivity contribution in [2.24, 2.45) is 0 Å². The molecule has 2 amide bonds. The average Bonchev–Trinajstić information content (AvgIpc) is 3.10. The predicted molar refractivity (Wildman–Crippen MR) is 84.2 cm³/mol. The first-order valence-corrected chi connectivity index (χ1v) is 7.29. The summed E-state index contributed by atoms with van der Waals surface area (Å²) in [6, 6.07) is 4.76. The predicted octanol–water partition coefficient (Wildman–Crippen LogP) is 2.77. The van der Waals surface area contributed by atoms with E-state index >= 15 is 0 Å². The molecule has 0 bridgehead atoms. The maximum Gasteiger partial charge on any atom is 0.327 e. The van der Waals surface area contributed by atoms with Crippen molar-refractivity contribution >= 4 is 23.2 Å². The van der Waals surface area contributed by atoms with E-state index in [1.165, 1.54) is 6.07 Å². The minimum Gasteiger partial charge on any atom is -0.306 e. The molecule has 6 nitrogen and oxygen atoms in total. The Labute approximate surface area is 131 Å². The minimum atomic E-state index is -0.476. The number of imidazole rings is 1. The van der Waals surface area contributed by atoms with Gasteiger partial charge in [-0.15, -0.1) is 0 Å². The zero-order valence-corrected chi connectivity index (χ0v) is 12.5. The maximum atomic E-state index is 14.1. The molecule has 116 valence electrons. The number of nitrogens with zero attached hydrogens (tertiary/aromatic N) is 4. The molecule has 0 aromatic carbocycles. The van der Waals surface area contributed by atoms with Gasteiger partial charge in [0.05, 0.1) is 11.4 Å². The quantitative estimate of drug-likeness (QED) is 0.751. The van der Waals surface area contributed by atoms with Crippen molar-refractivity contribution in [2.75, 3.05) is 16.8 Å². The summed E-state index contributed by atoms with van der Waals surface area (Å²) in [6.45, 7) is 2.35. The van der Waals surface area contributed by atoms with E-state index < -0.39 is 5.82 Å². The number of carbonyl (C=O) groups is 1. The van der Waals surface area contributed by atoms with Gasteiger partial charge in [-0.3, -0.25) is 4.90 Å². The van der Waals surface area contributed by atoms with E-state index in [4.69, 9.17) is 0 Å². The number of nitrogens with one attached hydrogen (secondary N) is 1. The molecule has 0 radical (unpaired) electrons. The molecule has 0 saturated carbocycles. The highest BCUT2D eigenvalue weighted by Crippen LogP contribution is 2.25. The van der Waals surface area contributed by atoms with Gasteiger partial charge in [0.2, 0.25) is 0 Å². The summed E-state index contributed by atoms with van der Waals surface area (Å²) in [7, 11) is 0. The van der Waals surface area contributed by atoms with Crippen LogP contribution in [0.2, 0.25) is 0 Å². The smallest absolute Gasteiger partial charge is 0.306 e. The van der Waals surface area contributed by atoms with Crippen LogP contribution in [0.3, 0.4) is 0 Å². The Morgan fingerprint density at radius 1 is 1.39 bits per heavy atom. The molecule has 3 aromatic heterocycles. The fraction of sp³-hybridized carbons (Fsp3) is 0.188. The standard InChI is InChI=1S/C16H14FN5O/c1-10-8-21-9-12(7-13(17)15(21)19-10)20-16(23)22-6-4-11-3-2-5-18-14(11)22/h2-3,5,7-9H,4,6H2,1H3,(H,20,23). The Bertz CT molecular complexity index is 920. The second-order valence-electron chi connectivity index (χ2n) is 5.51. The number of halogens is 1. The SMILES string of the molecule is Cc1cn2cc(NC(=O)N3CCc4cccnc43)cc(F)c2n1. The van der Waals surface area contributed by atoms with E-state index in [0.29, 0.717) is 23.7 Å². The van der Waals surface area contributed by atoms with Crippen molar-refractivity contribution in [3.05, 3.63) is 53.9 Å². The van der Waals surface area contributed by atoms with Gasteiger partial charge >= 0.3 is 6.03 Å². The number of aryl methyl sites for hydroxylation is 1. The van der Waals surface area contributed by atoms with E-state index in [0.717, 1.165) is 12.0 Å². The van der Waals surface area contributed by atoms with Crippen LogP contribution >= 0.6 is 0 Å². The second kappa shape index (κ2) is 5.05. The normalized spacial score (nSPS) is 13.4. The van der Waals surface area contributed by atoms with Gasteiger partial charge in [0.25, 0.3) is 0 Å². The van der Waals surface area contributed by atoms with Crippen molar-refractivity contribution in [1.29, 1.82) is 0 Å². The Kier molecular flexibility index (Phi) is 3.00. The van der Waals surface area contributed by atoms with Crippen molar-refractivity contribution < 1.29 is 9.18 Å². The number of carbonyl (C=O) groups excluding carboxylic acids is 1.